The summed E-state index contributed by atoms with van der Waals surface area (Å²) in [4.78, 5) is 0.0513. The number of hydrogen-bond donors (Lipinski definition) is 2. The molecule has 0 aromatic heterocycles. The minimum absolute atomic E-state index is 0.0513. The second-order valence-electron chi connectivity index (χ2n) is 4.93. The summed E-state index contributed by atoms with van der Waals surface area (Å²) < 4.78 is 40.2. The molecule has 1 aliphatic rings. The Hall–Kier alpha value is -1.92. The Kier molecular flexibility index (Phi) is 3.65. The summed E-state index contributed by atoms with van der Waals surface area (Å²) in [5.41, 5.74) is 2.71. The molecule has 0 unspecified atom stereocenters. The SMILES string of the molecule is O=S(=O)(Nc1cccc2c1CCNC2)c1ccc(F)cc1. The average molecular weight is 306 g/mol. The van der Waals surface area contributed by atoms with Crippen LogP contribution in [-0.4, -0.2) is 15.0 Å². The van der Waals surface area contributed by atoms with E-state index in [0.29, 0.717) is 5.69 Å². The Balaban J connectivity index is 1.94. The molecule has 0 atom stereocenters. The van der Waals surface area contributed by atoms with Crippen LogP contribution >= 0.6 is 0 Å². The monoisotopic (exact) mass is 306 g/mol. The molecular formula is C15H15FN2O2S. The first-order valence-corrected chi connectivity index (χ1v) is 8.14. The number of anilines is 1. The maximum atomic E-state index is 12.9. The highest BCUT2D eigenvalue weighted by Crippen LogP contribution is 2.25. The molecule has 2 aromatic carbocycles. The summed E-state index contributed by atoms with van der Waals surface area (Å²) in [7, 11) is -3.70. The molecular weight excluding hydrogens is 291 g/mol. The molecule has 0 aliphatic carbocycles. The lowest BCUT2D eigenvalue weighted by Crippen LogP contribution is -2.25. The smallest absolute Gasteiger partial charge is 0.261 e. The molecule has 0 saturated heterocycles. The number of fused-ring (bicyclic) bond motifs is 1. The number of nitrogens with one attached hydrogen (secondary N) is 2. The van der Waals surface area contributed by atoms with E-state index < -0.39 is 15.8 Å². The van der Waals surface area contributed by atoms with Crippen molar-refractivity contribution >= 4 is 15.7 Å². The molecule has 0 saturated carbocycles. The van der Waals surface area contributed by atoms with Crippen LogP contribution < -0.4 is 10.0 Å². The Morgan fingerprint density at radius 2 is 1.86 bits per heavy atom. The summed E-state index contributed by atoms with van der Waals surface area (Å²) in [6, 6.07) is 10.4. The van der Waals surface area contributed by atoms with Gasteiger partial charge in [0.1, 0.15) is 5.82 Å². The standard InChI is InChI=1S/C15H15FN2O2S/c16-12-4-6-13(7-5-12)21(19,20)18-15-3-1-2-11-10-17-9-8-14(11)15/h1-7,17-18H,8-10H2. The summed E-state index contributed by atoms with van der Waals surface area (Å²) in [5.74, 6) is -0.461. The maximum Gasteiger partial charge on any atom is 0.261 e. The first-order chi connectivity index (χ1) is 10.1. The minimum Gasteiger partial charge on any atom is -0.312 e. The molecule has 1 heterocycles. The number of rotatable bonds is 3. The highest BCUT2D eigenvalue weighted by atomic mass is 32.2. The van der Waals surface area contributed by atoms with Crippen molar-refractivity contribution in [3.63, 3.8) is 0 Å². The van der Waals surface area contributed by atoms with Crippen molar-refractivity contribution in [3.05, 3.63) is 59.4 Å². The van der Waals surface area contributed by atoms with Crippen molar-refractivity contribution < 1.29 is 12.8 Å². The van der Waals surface area contributed by atoms with E-state index in [4.69, 9.17) is 0 Å². The van der Waals surface area contributed by atoms with Crippen LogP contribution in [0, 0.1) is 5.82 Å². The van der Waals surface area contributed by atoms with Gasteiger partial charge in [0.25, 0.3) is 10.0 Å². The van der Waals surface area contributed by atoms with E-state index in [0.717, 1.165) is 42.8 Å². The summed E-state index contributed by atoms with van der Waals surface area (Å²) in [6.45, 7) is 1.56. The van der Waals surface area contributed by atoms with Crippen LogP contribution in [0.2, 0.25) is 0 Å². The lowest BCUT2D eigenvalue weighted by atomic mass is 9.99. The summed E-state index contributed by atoms with van der Waals surface area (Å²) in [5, 5.41) is 3.25. The second-order valence-corrected chi connectivity index (χ2v) is 6.61. The largest absolute Gasteiger partial charge is 0.312 e. The molecule has 1 aliphatic heterocycles. The Bertz CT molecular complexity index is 758. The van der Waals surface area contributed by atoms with Gasteiger partial charge in [-0.25, -0.2) is 12.8 Å². The highest BCUT2D eigenvalue weighted by Gasteiger charge is 2.18. The van der Waals surface area contributed by atoms with Crippen molar-refractivity contribution in [3.8, 4) is 0 Å². The third-order valence-corrected chi connectivity index (χ3v) is 4.89. The Morgan fingerprint density at radius 3 is 2.62 bits per heavy atom. The van der Waals surface area contributed by atoms with Gasteiger partial charge in [0.05, 0.1) is 10.6 Å². The van der Waals surface area contributed by atoms with Gasteiger partial charge in [0.15, 0.2) is 0 Å². The van der Waals surface area contributed by atoms with Crippen molar-refractivity contribution in [1.82, 2.24) is 5.32 Å². The van der Waals surface area contributed by atoms with Gasteiger partial charge in [-0.1, -0.05) is 12.1 Å². The molecule has 0 amide bonds. The Morgan fingerprint density at radius 1 is 1.10 bits per heavy atom. The fourth-order valence-electron chi connectivity index (χ4n) is 2.44. The lowest BCUT2D eigenvalue weighted by molar-refractivity contribution is 0.599. The van der Waals surface area contributed by atoms with Crippen LogP contribution in [0.4, 0.5) is 10.1 Å². The number of hydrogen-bond acceptors (Lipinski definition) is 3. The second kappa shape index (κ2) is 5.46. The molecule has 3 rings (SSSR count). The lowest BCUT2D eigenvalue weighted by Gasteiger charge is -2.21. The minimum atomic E-state index is -3.70. The van der Waals surface area contributed by atoms with Gasteiger partial charge in [-0.2, -0.15) is 0 Å². The van der Waals surface area contributed by atoms with Crippen LogP contribution in [0.5, 0.6) is 0 Å². The van der Waals surface area contributed by atoms with E-state index >= 15 is 0 Å². The normalized spacial score (nSPS) is 14.5. The Labute approximate surface area is 123 Å². The van der Waals surface area contributed by atoms with E-state index in [1.165, 1.54) is 12.1 Å². The van der Waals surface area contributed by atoms with Crippen LogP contribution in [0.25, 0.3) is 0 Å². The summed E-state index contributed by atoms with van der Waals surface area (Å²) >= 11 is 0. The molecule has 21 heavy (non-hydrogen) atoms. The van der Waals surface area contributed by atoms with Crippen molar-refractivity contribution in [2.24, 2.45) is 0 Å². The van der Waals surface area contributed by atoms with Gasteiger partial charge < -0.3 is 5.32 Å². The predicted octanol–water partition coefficient (Wildman–Crippen LogP) is 2.27. The van der Waals surface area contributed by atoms with Gasteiger partial charge >= 0.3 is 0 Å². The van der Waals surface area contributed by atoms with Gasteiger partial charge in [-0.3, -0.25) is 4.72 Å². The fraction of sp³-hybridized carbons (Fsp3) is 0.200. The molecule has 6 heteroatoms. The van der Waals surface area contributed by atoms with E-state index in [2.05, 4.69) is 10.0 Å². The first-order valence-electron chi connectivity index (χ1n) is 6.66. The fourth-order valence-corrected chi connectivity index (χ4v) is 3.54. The van der Waals surface area contributed by atoms with Crippen molar-refractivity contribution in [2.45, 2.75) is 17.9 Å². The quantitative estimate of drug-likeness (QED) is 0.914. The third-order valence-electron chi connectivity index (χ3n) is 3.51. The molecule has 2 N–H and O–H groups in total. The van der Waals surface area contributed by atoms with Gasteiger partial charge in [0, 0.05) is 6.54 Å². The number of benzene rings is 2. The zero-order chi connectivity index (χ0) is 14.9. The average Bonchev–Trinajstić information content (AvgIpc) is 2.48. The molecule has 0 bridgehead atoms. The van der Waals surface area contributed by atoms with Crippen LogP contribution in [0.1, 0.15) is 11.1 Å². The number of halogens is 1. The van der Waals surface area contributed by atoms with Crippen molar-refractivity contribution in [2.75, 3.05) is 11.3 Å². The van der Waals surface area contributed by atoms with Crippen LogP contribution in [0.15, 0.2) is 47.4 Å². The summed E-state index contributed by atoms with van der Waals surface area (Å²) in [6.07, 6.45) is 0.775. The van der Waals surface area contributed by atoms with Gasteiger partial charge in [-0.05, 0) is 54.4 Å². The van der Waals surface area contributed by atoms with E-state index in [-0.39, 0.29) is 4.90 Å². The van der Waals surface area contributed by atoms with Gasteiger partial charge in [-0.15, -0.1) is 0 Å². The molecule has 2 aromatic rings. The molecule has 4 nitrogen and oxygen atoms in total. The number of sulfonamides is 1. The first kappa shape index (κ1) is 14.0. The van der Waals surface area contributed by atoms with Gasteiger partial charge in [0.2, 0.25) is 0 Å². The van der Waals surface area contributed by atoms with Crippen LogP contribution in [0.3, 0.4) is 0 Å². The molecule has 0 radical (unpaired) electrons. The van der Waals surface area contributed by atoms with Crippen molar-refractivity contribution in [1.29, 1.82) is 0 Å². The van der Waals surface area contributed by atoms with E-state index in [1.807, 2.05) is 12.1 Å². The predicted molar refractivity (Wildman–Crippen MR) is 79.1 cm³/mol. The van der Waals surface area contributed by atoms with Crippen LogP contribution in [-0.2, 0) is 23.0 Å². The van der Waals surface area contributed by atoms with E-state index in [1.54, 1.807) is 6.07 Å². The zero-order valence-corrected chi connectivity index (χ0v) is 12.1. The maximum absolute atomic E-state index is 12.9. The third kappa shape index (κ3) is 2.91. The molecule has 110 valence electrons. The zero-order valence-electron chi connectivity index (χ0n) is 11.3. The topological polar surface area (TPSA) is 58.2 Å². The van der Waals surface area contributed by atoms with E-state index in [9.17, 15) is 12.8 Å². The molecule has 0 spiro atoms. The molecule has 0 fully saturated rings. The highest BCUT2D eigenvalue weighted by molar-refractivity contribution is 7.92.